The number of piperidine rings is 1. The summed E-state index contributed by atoms with van der Waals surface area (Å²) in [5.74, 6) is -0.251. The molecule has 4 rings (SSSR count). The zero-order chi connectivity index (χ0) is 30.9. The minimum Gasteiger partial charge on any atom is -0.359 e. The Balaban J connectivity index is 1.46. The molecule has 0 spiro atoms. The van der Waals surface area contributed by atoms with E-state index in [0.29, 0.717) is 51.3 Å². The predicted octanol–water partition coefficient (Wildman–Crippen LogP) is 5.45. The van der Waals surface area contributed by atoms with Gasteiger partial charge in [0.2, 0.25) is 17.8 Å². The normalized spacial score (nSPS) is 18.0. The fourth-order valence-corrected chi connectivity index (χ4v) is 5.78. The van der Waals surface area contributed by atoms with Crippen LogP contribution in [0.1, 0.15) is 57.6 Å². The van der Waals surface area contributed by atoms with Crippen molar-refractivity contribution in [2.75, 3.05) is 45.2 Å². The number of pyridine rings is 2. The molecule has 2 fully saturated rings. The number of aromatic nitrogens is 2. The van der Waals surface area contributed by atoms with Crippen molar-refractivity contribution in [1.82, 2.24) is 19.8 Å². The lowest BCUT2D eigenvalue weighted by Gasteiger charge is -2.41. The molecule has 42 heavy (non-hydrogen) atoms. The second-order valence-corrected chi connectivity index (χ2v) is 13.0. The monoisotopic (exact) mass is 591 g/mol. The number of carbonyl (C=O) groups excluding carboxylic acids is 2. The number of likely N-dealkylation sites (tertiary alicyclic amines) is 1. The van der Waals surface area contributed by atoms with Gasteiger partial charge in [-0.1, -0.05) is 26.8 Å². The van der Waals surface area contributed by atoms with Crippen molar-refractivity contribution < 1.29 is 27.2 Å². The van der Waals surface area contributed by atoms with Crippen LogP contribution in [0.3, 0.4) is 0 Å². The highest BCUT2D eigenvalue weighted by molar-refractivity contribution is 5.85. The predicted molar refractivity (Wildman–Crippen MR) is 152 cm³/mol. The molecule has 0 N–H and O–H groups in total. The number of amides is 2. The first kappa shape index (κ1) is 31.7. The third kappa shape index (κ3) is 7.58. The molecule has 2 aliphatic rings. The summed E-state index contributed by atoms with van der Waals surface area (Å²) in [5.41, 5.74) is -0.591. The maximum absolute atomic E-state index is 13.6. The van der Waals surface area contributed by atoms with Gasteiger partial charge in [-0.15, -0.1) is 0 Å². The molecular weight excluding hydrogens is 550 g/mol. The van der Waals surface area contributed by atoms with Gasteiger partial charge in [0.25, 0.3) is 0 Å². The Bertz CT molecular complexity index is 1240. The third-order valence-electron chi connectivity index (χ3n) is 9.03. The van der Waals surface area contributed by atoms with Gasteiger partial charge >= 0.3 is 6.18 Å². The van der Waals surface area contributed by atoms with Gasteiger partial charge in [-0.3, -0.25) is 9.59 Å². The molecule has 0 aromatic carbocycles. The van der Waals surface area contributed by atoms with Crippen molar-refractivity contribution in [1.29, 1.82) is 0 Å². The fourth-order valence-electron chi connectivity index (χ4n) is 5.78. The zero-order valence-corrected chi connectivity index (χ0v) is 25.0. The highest BCUT2D eigenvalue weighted by Crippen LogP contribution is 2.47. The second kappa shape index (κ2) is 12.2. The Hall–Kier alpha value is -3.24. The van der Waals surface area contributed by atoms with E-state index >= 15 is 0 Å². The van der Waals surface area contributed by atoms with Gasteiger partial charge in [0.05, 0.1) is 5.56 Å². The summed E-state index contributed by atoms with van der Waals surface area (Å²) in [6.07, 6.45) is 1.50. The van der Waals surface area contributed by atoms with Gasteiger partial charge < -0.3 is 14.7 Å². The molecule has 1 aliphatic heterocycles. The van der Waals surface area contributed by atoms with Crippen LogP contribution in [-0.4, -0.2) is 71.9 Å². The minimum absolute atomic E-state index is 0.0271. The van der Waals surface area contributed by atoms with Gasteiger partial charge in [0.15, 0.2) is 0 Å². The van der Waals surface area contributed by atoms with Crippen molar-refractivity contribution in [2.24, 2.45) is 22.7 Å². The van der Waals surface area contributed by atoms with E-state index < -0.39 is 23.1 Å². The van der Waals surface area contributed by atoms with Crippen LogP contribution in [0.25, 0.3) is 0 Å². The molecule has 1 saturated carbocycles. The Morgan fingerprint density at radius 2 is 1.69 bits per heavy atom. The SMILES string of the molecule is CN(CC(CN(C)c1ccc(C(F)(F)F)cn1)C(C)(C)Cc1ccc(F)nc1)C(=O)C1CCN(C(=O)C2(C)CC2)CC1. The molecule has 2 amide bonds. The van der Waals surface area contributed by atoms with Gasteiger partial charge in [-0.25, -0.2) is 9.97 Å². The molecule has 11 heteroatoms. The maximum atomic E-state index is 13.6. The van der Waals surface area contributed by atoms with Gasteiger partial charge in [-0.2, -0.15) is 17.6 Å². The number of nitrogens with zero attached hydrogens (tertiary/aromatic N) is 5. The first-order valence-electron chi connectivity index (χ1n) is 14.5. The van der Waals surface area contributed by atoms with E-state index in [9.17, 15) is 27.2 Å². The number of halogens is 4. The van der Waals surface area contributed by atoms with Crippen molar-refractivity contribution >= 4 is 17.6 Å². The van der Waals surface area contributed by atoms with E-state index in [1.165, 1.54) is 18.3 Å². The molecule has 0 radical (unpaired) electrons. The Morgan fingerprint density at radius 3 is 2.21 bits per heavy atom. The van der Waals surface area contributed by atoms with E-state index in [4.69, 9.17) is 0 Å². The molecule has 1 aliphatic carbocycles. The highest BCUT2D eigenvalue weighted by Gasteiger charge is 2.48. The number of hydrogen-bond donors (Lipinski definition) is 0. The van der Waals surface area contributed by atoms with E-state index in [2.05, 4.69) is 23.8 Å². The summed E-state index contributed by atoms with van der Waals surface area (Å²) >= 11 is 0. The molecule has 0 bridgehead atoms. The lowest BCUT2D eigenvalue weighted by molar-refractivity contribution is -0.142. The Labute approximate surface area is 245 Å². The summed E-state index contributed by atoms with van der Waals surface area (Å²) in [5, 5.41) is 0. The van der Waals surface area contributed by atoms with Crippen LogP contribution in [0.15, 0.2) is 36.7 Å². The van der Waals surface area contributed by atoms with Crippen LogP contribution in [0, 0.1) is 28.6 Å². The number of alkyl halides is 3. The number of carbonyl (C=O) groups is 2. The summed E-state index contributed by atoms with van der Waals surface area (Å²) in [6.45, 7) is 8.11. The average Bonchev–Trinajstić information content (AvgIpc) is 3.70. The molecular formula is C31H41F4N5O2. The van der Waals surface area contributed by atoms with Gasteiger partial charge in [0, 0.05) is 64.0 Å². The summed E-state index contributed by atoms with van der Waals surface area (Å²) < 4.78 is 52.7. The van der Waals surface area contributed by atoms with Crippen LogP contribution in [-0.2, 0) is 22.2 Å². The average molecular weight is 592 g/mol. The van der Waals surface area contributed by atoms with Crippen LogP contribution in [0.5, 0.6) is 0 Å². The van der Waals surface area contributed by atoms with Crippen LogP contribution < -0.4 is 4.90 Å². The smallest absolute Gasteiger partial charge is 0.359 e. The lowest BCUT2D eigenvalue weighted by Crippen LogP contribution is -2.48. The molecule has 1 saturated heterocycles. The van der Waals surface area contributed by atoms with E-state index in [0.717, 1.165) is 30.7 Å². The van der Waals surface area contributed by atoms with Crippen molar-refractivity contribution in [3.8, 4) is 0 Å². The molecule has 7 nitrogen and oxygen atoms in total. The molecule has 2 aromatic rings. The van der Waals surface area contributed by atoms with Crippen LogP contribution >= 0.6 is 0 Å². The summed E-state index contributed by atoms with van der Waals surface area (Å²) in [7, 11) is 3.55. The standard InChI is InChI=1S/C31H41F4N5O2/c1-29(2,16-21-6-8-25(32)36-17-21)24(19-38(4)26-9-7-23(18-37-26)31(33,34)35)20-39(5)27(41)22-10-14-40(15-11-22)28(42)30(3)12-13-30/h6-9,17-18,22,24H,10-16,19-20H2,1-5H3. The summed E-state index contributed by atoms with van der Waals surface area (Å²) in [4.78, 5) is 39.6. The zero-order valence-electron chi connectivity index (χ0n) is 25.0. The largest absolute Gasteiger partial charge is 0.417 e. The number of anilines is 1. The second-order valence-electron chi connectivity index (χ2n) is 13.0. The Kier molecular flexibility index (Phi) is 9.18. The first-order valence-corrected chi connectivity index (χ1v) is 14.5. The molecule has 1 unspecified atom stereocenters. The van der Waals surface area contributed by atoms with E-state index in [1.807, 2.05) is 11.8 Å². The molecule has 1 atom stereocenters. The first-order chi connectivity index (χ1) is 19.6. The lowest BCUT2D eigenvalue weighted by atomic mass is 9.73. The number of hydrogen-bond acceptors (Lipinski definition) is 5. The van der Waals surface area contributed by atoms with Crippen molar-refractivity contribution in [3.63, 3.8) is 0 Å². The molecule has 2 aromatic heterocycles. The van der Waals surface area contributed by atoms with Crippen LogP contribution in [0.4, 0.5) is 23.4 Å². The highest BCUT2D eigenvalue weighted by atomic mass is 19.4. The topological polar surface area (TPSA) is 69.6 Å². The molecule has 3 heterocycles. The van der Waals surface area contributed by atoms with Crippen LogP contribution in [0.2, 0.25) is 0 Å². The van der Waals surface area contributed by atoms with Gasteiger partial charge in [0.1, 0.15) is 5.82 Å². The quantitative estimate of drug-likeness (QED) is 0.272. The van der Waals surface area contributed by atoms with E-state index in [1.54, 1.807) is 30.0 Å². The minimum atomic E-state index is -4.47. The fraction of sp³-hybridized carbons (Fsp3) is 0.613. The third-order valence-corrected chi connectivity index (χ3v) is 9.03. The Morgan fingerprint density at radius 1 is 1.02 bits per heavy atom. The number of rotatable bonds is 10. The molecule has 230 valence electrons. The summed E-state index contributed by atoms with van der Waals surface area (Å²) in [6, 6.07) is 5.37. The maximum Gasteiger partial charge on any atom is 0.417 e. The van der Waals surface area contributed by atoms with Crippen molar-refractivity contribution in [2.45, 2.75) is 59.1 Å². The van der Waals surface area contributed by atoms with Crippen molar-refractivity contribution in [3.05, 3.63) is 53.7 Å². The van der Waals surface area contributed by atoms with E-state index in [-0.39, 0.29) is 29.1 Å². The van der Waals surface area contributed by atoms with Gasteiger partial charge in [-0.05, 0) is 67.2 Å².